The number of carbonyl (C=O) groups excluding carboxylic acids is 3. The Morgan fingerprint density at radius 3 is 1.33 bits per heavy atom. The van der Waals surface area contributed by atoms with Crippen LogP contribution in [0.2, 0.25) is 0 Å². The van der Waals surface area contributed by atoms with Crippen LogP contribution in [0.4, 0.5) is 0 Å². The molecule has 0 aliphatic heterocycles. The summed E-state index contributed by atoms with van der Waals surface area (Å²) in [5.74, 6) is 0.702. The molecule has 0 saturated heterocycles. The van der Waals surface area contributed by atoms with Gasteiger partial charge in [-0.1, -0.05) is 150 Å². The Bertz CT molecular complexity index is 661. The predicted octanol–water partition coefficient (Wildman–Crippen LogP) is 10.7. The maximum absolute atomic E-state index is 12.5. The van der Waals surface area contributed by atoms with Gasteiger partial charge < -0.3 is 14.2 Å². The van der Waals surface area contributed by atoms with E-state index in [0.717, 1.165) is 76.0 Å². The van der Waals surface area contributed by atoms with E-state index in [1.54, 1.807) is 0 Å². The lowest BCUT2D eigenvalue weighted by Crippen LogP contribution is -2.30. The monoisotopic (exact) mass is 611 g/mol. The number of rotatable bonds is 31. The number of ether oxygens (including phenoxy) is 3. The molecule has 6 heteroatoms. The first kappa shape index (κ1) is 41.4. The summed E-state index contributed by atoms with van der Waals surface area (Å²) < 4.78 is 16.5. The van der Waals surface area contributed by atoms with Gasteiger partial charge in [-0.2, -0.15) is 0 Å². The van der Waals surface area contributed by atoms with Gasteiger partial charge in [0, 0.05) is 19.3 Å². The zero-order valence-electron chi connectivity index (χ0n) is 29.1. The fraction of sp³-hybridized carbons (Fsp3) is 0.919. The molecular formula is C37H70O6. The molecular weight excluding hydrogens is 540 g/mol. The van der Waals surface area contributed by atoms with Gasteiger partial charge in [0.15, 0.2) is 6.10 Å². The van der Waals surface area contributed by atoms with Gasteiger partial charge >= 0.3 is 17.9 Å². The maximum Gasteiger partial charge on any atom is 0.306 e. The summed E-state index contributed by atoms with van der Waals surface area (Å²) in [7, 11) is 0. The third-order valence-corrected chi connectivity index (χ3v) is 8.33. The molecule has 0 aromatic heterocycles. The van der Waals surface area contributed by atoms with Crippen molar-refractivity contribution in [2.24, 2.45) is 11.8 Å². The van der Waals surface area contributed by atoms with E-state index in [-0.39, 0.29) is 31.1 Å². The highest BCUT2D eigenvalue weighted by atomic mass is 16.6. The van der Waals surface area contributed by atoms with Gasteiger partial charge in [0.05, 0.1) is 0 Å². The summed E-state index contributed by atoms with van der Waals surface area (Å²) in [5.41, 5.74) is 0. The van der Waals surface area contributed by atoms with E-state index >= 15 is 0 Å². The molecule has 2 atom stereocenters. The van der Waals surface area contributed by atoms with E-state index in [1.807, 2.05) is 0 Å². The molecule has 1 unspecified atom stereocenters. The highest BCUT2D eigenvalue weighted by molar-refractivity contribution is 5.71. The average Bonchev–Trinajstić information content (AvgIpc) is 2.98. The molecule has 0 fully saturated rings. The fourth-order valence-corrected chi connectivity index (χ4v) is 5.13. The Morgan fingerprint density at radius 1 is 0.488 bits per heavy atom. The summed E-state index contributed by atoms with van der Waals surface area (Å²) in [5, 5.41) is 0. The van der Waals surface area contributed by atoms with Crippen molar-refractivity contribution in [1.82, 2.24) is 0 Å². The maximum atomic E-state index is 12.5. The molecule has 0 N–H and O–H groups in total. The smallest absolute Gasteiger partial charge is 0.306 e. The minimum atomic E-state index is -0.758. The highest BCUT2D eigenvalue weighted by Gasteiger charge is 2.19. The lowest BCUT2D eigenvalue weighted by Gasteiger charge is -2.18. The topological polar surface area (TPSA) is 78.9 Å². The minimum absolute atomic E-state index is 0.0691. The number of hydrogen-bond donors (Lipinski definition) is 0. The van der Waals surface area contributed by atoms with Gasteiger partial charge in [0.2, 0.25) is 0 Å². The summed E-state index contributed by atoms with van der Waals surface area (Å²) >= 11 is 0. The molecule has 0 rings (SSSR count). The first-order valence-electron chi connectivity index (χ1n) is 18.3. The van der Waals surface area contributed by atoms with Gasteiger partial charge in [0.25, 0.3) is 0 Å². The summed E-state index contributed by atoms with van der Waals surface area (Å²) in [6.45, 7) is 11.1. The van der Waals surface area contributed by atoms with Gasteiger partial charge in [-0.05, 0) is 31.1 Å². The number of unbranched alkanes of at least 4 members (excludes halogenated alkanes) is 15. The van der Waals surface area contributed by atoms with Gasteiger partial charge in [-0.15, -0.1) is 0 Å². The predicted molar refractivity (Wildman–Crippen MR) is 178 cm³/mol. The summed E-state index contributed by atoms with van der Waals surface area (Å²) in [6.07, 6.45) is 24.1. The van der Waals surface area contributed by atoms with E-state index in [4.69, 9.17) is 14.2 Å². The van der Waals surface area contributed by atoms with E-state index in [1.165, 1.54) is 70.6 Å². The van der Waals surface area contributed by atoms with E-state index in [2.05, 4.69) is 34.6 Å². The van der Waals surface area contributed by atoms with Crippen molar-refractivity contribution >= 4 is 17.9 Å². The van der Waals surface area contributed by atoms with Gasteiger partial charge in [-0.3, -0.25) is 14.4 Å². The van der Waals surface area contributed by atoms with Crippen molar-refractivity contribution in [3.63, 3.8) is 0 Å². The van der Waals surface area contributed by atoms with E-state index in [0.29, 0.717) is 19.3 Å². The molecule has 0 bridgehead atoms. The Morgan fingerprint density at radius 2 is 0.884 bits per heavy atom. The molecule has 254 valence electrons. The molecule has 0 radical (unpaired) electrons. The van der Waals surface area contributed by atoms with Crippen molar-refractivity contribution in [3.8, 4) is 0 Å². The van der Waals surface area contributed by atoms with Crippen LogP contribution in [-0.4, -0.2) is 37.2 Å². The second-order valence-electron chi connectivity index (χ2n) is 13.2. The third kappa shape index (κ3) is 30.2. The Labute approximate surface area is 266 Å². The van der Waals surface area contributed by atoms with Crippen molar-refractivity contribution in [2.75, 3.05) is 13.2 Å². The molecule has 0 aliphatic carbocycles. The van der Waals surface area contributed by atoms with Gasteiger partial charge in [-0.25, -0.2) is 0 Å². The van der Waals surface area contributed by atoms with Crippen molar-refractivity contribution in [1.29, 1.82) is 0 Å². The molecule has 6 nitrogen and oxygen atoms in total. The van der Waals surface area contributed by atoms with E-state index in [9.17, 15) is 14.4 Å². The average molecular weight is 611 g/mol. The molecule has 0 saturated carbocycles. The number of carbonyl (C=O) groups is 3. The standard InChI is InChI=1S/C37H70O6/c1-6-8-9-15-22-27-35(38)41-30-34(43-37(40)29-24-19-14-13-17-21-26-33(5)7-2)31-42-36(39)28-23-18-12-10-11-16-20-25-32(3)4/h32-34H,6-31H2,1-5H3/t33?,34-/m0/s1. The second kappa shape index (κ2) is 30.4. The molecule has 0 amide bonds. The van der Waals surface area contributed by atoms with Crippen molar-refractivity contribution < 1.29 is 28.6 Å². The Kier molecular flexibility index (Phi) is 29.3. The third-order valence-electron chi connectivity index (χ3n) is 8.33. The summed E-state index contributed by atoms with van der Waals surface area (Å²) in [6, 6.07) is 0. The quantitative estimate of drug-likeness (QED) is 0.0441. The van der Waals surface area contributed by atoms with Crippen LogP contribution in [0, 0.1) is 11.8 Å². The molecule has 0 aromatic rings. The number of esters is 3. The highest BCUT2D eigenvalue weighted by Crippen LogP contribution is 2.16. The molecule has 43 heavy (non-hydrogen) atoms. The molecule has 0 aliphatic rings. The zero-order valence-corrected chi connectivity index (χ0v) is 29.1. The van der Waals surface area contributed by atoms with Crippen LogP contribution in [-0.2, 0) is 28.6 Å². The lowest BCUT2D eigenvalue weighted by atomic mass is 10.00. The normalized spacial score (nSPS) is 12.7. The summed E-state index contributed by atoms with van der Waals surface area (Å²) in [4.78, 5) is 37.1. The Balaban J connectivity index is 4.33. The number of hydrogen-bond acceptors (Lipinski definition) is 6. The van der Waals surface area contributed by atoms with Crippen LogP contribution >= 0.6 is 0 Å². The fourth-order valence-electron chi connectivity index (χ4n) is 5.13. The molecule has 0 aromatic carbocycles. The lowest BCUT2D eigenvalue weighted by molar-refractivity contribution is -0.167. The van der Waals surface area contributed by atoms with Gasteiger partial charge in [0.1, 0.15) is 13.2 Å². The first-order chi connectivity index (χ1) is 20.8. The largest absolute Gasteiger partial charge is 0.462 e. The SMILES string of the molecule is CCCCCCCC(=O)OC[C@@H](COC(=O)CCCCCCCCCC(C)C)OC(=O)CCCCCCCCC(C)CC. The van der Waals surface area contributed by atoms with Crippen molar-refractivity contribution in [3.05, 3.63) is 0 Å². The Hall–Kier alpha value is -1.59. The molecule has 0 spiro atoms. The van der Waals surface area contributed by atoms with Crippen LogP contribution in [0.1, 0.15) is 189 Å². The van der Waals surface area contributed by atoms with Crippen LogP contribution in [0.25, 0.3) is 0 Å². The van der Waals surface area contributed by atoms with Crippen LogP contribution < -0.4 is 0 Å². The van der Waals surface area contributed by atoms with Crippen molar-refractivity contribution in [2.45, 2.75) is 195 Å². The van der Waals surface area contributed by atoms with Crippen LogP contribution in [0.15, 0.2) is 0 Å². The second-order valence-corrected chi connectivity index (χ2v) is 13.2. The molecule has 0 heterocycles. The van der Waals surface area contributed by atoms with E-state index < -0.39 is 6.10 Å². The van der Waals surface area contributed by atoms with Crippen LogP contribution in [0.5, 0.6) is 0 Å². The minimum Gasteiger partial charge on any atom is -0.462 e. The first-order valence-corrected chi connectivity index (χ1v) is 18.3. The van der Waals surface area contributed by atoms with Crippen LogP contribution in [0.3, 0.4) is 0 Å². The zero-order chi connectivity index (χ0) is 32.0.